The SMILES string of the molecule is CCOC(C)c1nc(C)c(Br)c(Cl)n1. The van der Waals surface area contributed by atoms with Crippen LogP contribution in [0.4, 0.5) is 0 Å². The van der Waals surface area contributed by atoms with Gasteiger partial charge in [-0.3, -0.25) is 0 Å². The largest absolute Gasteiger partial charge is 0.371 e. The second kappa shape index (κ2) is 5.05. The lowest BCUT2D eigenvalue weighted by Gasteiger charge is -2.11. The van der Waals surface area contributed by atoms with Crippen LogP contribution in [-0.4, -0.2) is 16.6 Å². The maximum Gasteiger partial charge on any atom is 0.158 e. The second-order valence-electron chi connectivity index (χ2n) is 2.87. The van der Waals surface area contributed by atoms with Gasteiger partial charge in [0, 0.05) is 6.61 Å². The Balaban J connectivity index is 3.00. The molecule has 0 saturated heterocycles. The topological polar surface area (TPSA) is 35.0 Å². The maximum absolute atomic E-state index is 5.91. The standard InChI is InChI=1S/C9H12BrClN2O/c1-4-14-6(3)9-12-5(2)7(10)8(11)13-9/h6H,4H2,1-3H3. The normalized spacial score (nSPS) is 12.9. The van der Waals surface area contributed by atoms with Crippen molar-refractivity contribution in [2.75, 3.05) is 6.61 Å². The number of hydrogen-bond donors (Lipinski definition) is 0. The Hall–Kier alpha value is -0.190. The van der Waals surface area contributed by atoms with E-state index in [0.29, 0.717) is 17.6 Å². The lowest BCUT2D eigenvalue weighted by molar-refractivity contribution is 0.0699. The van der Waals surface area contributed by atoms with Crippen LogP contribution in [0.5, 0.6) is 0 Å². The predicted molar refractivity (Wildman–Crippen MR) is 59.5 cm³/mol. The smallest absolute Gasteiger partial charge is 0.158 e. The highest BCUT2D eigenvalue weighted by atomic mass is 79.9. The molecule has 78 valence electrons. The van der Waals surface area contributed by atoms with E-state index in [0.717, 1.165) is 10.2 Å². The summed E-state index contributed by atoms with van der Waals surface area (Å²) in [5, 5.41) is 0.430. The highest BCUT2D eigenvalue weighted by Crippen LogP contribution is 2.25. The first-order chi connectivity index (χ1) is 6.56. The Morgan fingerprint density at radius 3 is 2.64 bits per heavy atom. The average Bonchev–Trinajstić information content (AvgIpc) is 2.13. The Labute approximate surface area is 97.0 Å². The molecule has 0 aliphatic heterocycles. The van der Waals surface area contributed by atoms with E-state index in [4.69, 9.17) is 16.3 Å². The van der Waals surface area contributed by atoms with E-state index in [1.165, 1.54) is 0 Å². The van der Waals surface area contributed by atoms with Gasteiger partial charge in [0.15, 0.2) is 5.82 Å². The molecule has 0 spiro atoms. The first-order valence-electron chi connectivity index (χ1n) is 4.37. The van der Waals surface area contributed by atoms with Crippen LogP contribution >= 0.6 is 27.5 Å². The van der Waals surface area contributed by atoms with E-state index < -0.39 is 0 Å². The number of aryl methyl sites for hydroxylation is 1. The molecule has 0 saturated carbocycles. The van der Waals surface area contributed by atoms with Gasteiger partial charge in [0.2, 0.25) is 0 Å². The van der Waals surface area contributed by atoms with E-state index in [1.54, 1.807) is 0 Å². The summed E-state index contributed by atoms with van der Waals surface area (Å²) < 4.78 is 6.12. The van der Waals surface area contributed by atoms with Crippen molar-refractivity contribution >= 4 is 27.5 Å². The first-order valence-corrected chi connectivity index (χ1v) is 5.54. The molecule has 0 bridgehead atoms. The van der Waals surface area contributed by atoms with Crippen molar-refractivity contribution in [3.8, 4) is 0 Å². The van der Waals surface area contributed by atoms with E-state index in [-0.39, 0.29) is 6.10 Å². The van der Waals surface area contributed by atoms with E-state index in [2.05, 4.69) is 25.9 Å². The summed E-state index contributed by atoms with van der Waals surface area (Å²) in [4.78, 5) is 8.42. The fraction of sp³-hybridized carbons (Fsp3) is 0.556. The van der Waals surface area contributed by atoms with Crippen molar-refractivity contribution < 1.29 is 4.74 Å². The Bertz CT molecular complexity index is 310. The van der Waals surface area contributed by atoms with Crippen molar-refractivity contribution in [1.82, 2.24) is 9.97 Å². The van der Waals surface area contributed by atoms with Crippen LogP contribution in [0.15, 0.2) is 4.47 Å². The molecule has 5 heteroatoms. The van der Waals surface area contributed by atoms with Gasteiger partial charge in [0.1, 0.15) is 11.3 Å². The minimum Gasteiger partial charge on any atom is -0.371 e. The van der Waals surface area contributed by atoms with Gasteiger partial charge in [-0.05, 0) is 36.7 Å². The van der Waals surface area contributed by atoms with Gasteiger partial charge in [0.25, 0.3) is 0 Å². The van der Waals surface area contributed by atoms with Crippen molar-refractivity contribution in [3.63, 3.8) is 0 Å². The summed E-state index contributed by atoms with van der Waals surface area (Å²) in [5.74, 6) is 0.623. The second-order valence-corrected chi connectivity index (χ2v) is 4.02. The fourth-order valence-corrected chi connectivity index (χ4v) is 1.45. The molecule has 0 fully saturated rings. The highest BCUT2D eigenvalue weighted by molar-refractivity contribution is 9.10. The summed E-state index contributed by atoms with van der Waals surface area (Å²) in [5.41, 5.74) is 0.826. The summed E-state index contributed by atoms with van der Waals surface area (Å²) in [7, 11) is 0. The Morgan fingerprint density at radius 2 is 2.14 bits per heavy atom. The molecule has 1 aromatic rings. The molecule has 14 heavy (non-hydrogen) atoms. The lowest BCUT2D eigenvalue weighted by atomic mass is 10.3. The predicted octanol–water partition coefficient (Wildman–Crippen LogP) is 3.30. The van der Waals surface area contributed by atoms with Crippen LogP contribution in [0.1, 0.15) is 31.5 Å². The van der Waals surface area contributed by atoms with Crippen LogP contribution < -0.4 is 0 Å². The van der Waals surface area contributed by atoms with Gasteiger partial charge in [-0.15, -0.1) is 0 Å². The third-order valence-electron chi connectivity index (χ3n) is 1.77. The van der Waals surface area contributed by atoms with E-state index in [1.807, 2.05) is 20.8 Å². The maximum atomic E-state index is 5.91. The van der Waals surface area contributed by atoms with Crippen molar-refractivity contribution in [2.45, 2.75) is 26.9 Å². The molecule has 0 radical (unpaired) electrons. The van der Waals surface area contributed by atoms with E-state index in [9.17, 15) is 0 Å². The van der Waals surface area contributed by atoms with E-state index >= 15 is 0 Å². The van der Waals surface area contributed by atoms with Gasteiger partial charge < -0.3 is 4.74 Å². The van der Waals surface area contributed by atoms with Crippen LogP contribution in [0, 0.1) is 6.92 Å². The van der Waals surface area contributed by atoms with Gasteiger partial charge in [-0.1, -0.05) is 11.6 Å². The van der Waals surface area contributed by atoms with Crippen molar-refractivity contribution in [1.29, 1.82) is 0 Å². The summed E-state index contributed by atoms with van der Waals surface area (Å²) in [6.07, 6.45) is -0.121. The molecule has 3 nitrogen and oxygen atoms in total. The third kappa shape index (κ3) is 2.65. The zero-order valence-electron chi connectivity index (χ0n) is 8.34. The van der Waals surface area contributed by atoms with Crippen LogP contribution in [0.3, 0.4) is 0 Å². The van der Waals surface area contributed by atoms with Crippen molar-refractivity contribution in [2.24, 2.45) is 0 Å². The molecule has 0 aliphatic carbocycles. The number of halogens is 2. The summed E-state index contributed by atoms with van der Waals surface area (Å²) in [6.45, 7) is 6.35. The minimum atomic E-state index is -0.121. The molecule has 1 atom stereocenters. The number of hydrogen-bond acceptors (Lipinski definition) is 3. The Morgan fingerprint density at radius 1 is 1.50 bits per heavy atom. The van der Waals surface area contributed by atoms with Gasteiger partial charge in [-0.2, -0.15) is 0 Å². The molecule has 1 rings (SSSR count). The molecule has 0 aliphatic rings. The average molecular weight is 280 g/mol. The van der Waals surface area contributed by atoms with Gasteiger partial charge in [0.05, 0.1) is 10.2 Å². The quantitative estimate of drug-likeness (QED) is 0.796. The third-order valence-corrected chi connectivity index (χ3v) is 3.23. The molecule has 0 N–H and O–H groups in total. The van der Waals surface area contributed by atoms with Gasteiger partial charge in [-0.25, -0.2) is 9.97 Å². The minimum absolute atomic E-state index is 0.121. The monoisotopic (exact) mass is 278 g/mol. The zero-order chi connectivity index (χ0) is 10.7. The van der Waals surface area contributed by atoms with Crippen LogP contribution in [-0.2, 0) is 4.74 Å². The number of nitrogens with zero attached hydrogens (tertiary/aromatic N) is 2. The molecule has 1 heterocycles. The zero-order valence-corrected chi connectivity index (χ0v) is 10.7. The summed E-state index contributed by atoms with van der Waals surface area (Å²) >= 11 is 9.21. The van der Waals surface area contributed by atoms with Crippen LogP contribution in [0.25, 0.3) is 0 Å². The van der Waals surface area contributed by atoms with Crippen molar-refractivity contribution in [3.05, 3.63) is 21.1 Å². The fourth-order valence-electron chi connectivity index (χ4n) is 1.05. The molecule has 1 unspecified atom stereocenters. The Kier molecular flexibility index (Phi) is 4.29. The molecule has 0 amide bonds. The van der Waals surface area contributed by atoms with Gasteiger partial charge >= 0.3 is 0 Å². The molecular formula is C9H12BrClN2O. The molecule has 1 aromatic heterocycles. The molecule has 0 aromatic carbocycles. The molecular weight excluding hydrogens is 267 g/mol. The number of ether oxygens (including phenoxy) is 1. The summed E-state index contributed by atoms with van der Waals surface area (Å²) in [6, 6.07) is 0. The highest BCUT2D eigenvalue weighted by Gasteiger charge is 2.12. The lowest BCUT2D eigenvalue weighted by Crippen LogP contribution is -2.06. The van der Waals surface area contributed by atoms with Crippen LogP contribution in [0.2, 0.25) is 5.15 Å². The number of aromatic nitrogens is 2. The first kappa shape index (κ1) is 11.9. The number of rotatable bonds is 3.